The van der Waals surface area contributed by atoms with Crippen molar-refractivity contribution in [2.24, 2.45) is 5.92 Å². The molecular weight excluding hydrogens is 474 g/mol. The van der Waals surface area contributed by atoms with Gasteiger partial charge in [0.1, 0.15) is 10.7 Å². The van der Waals surface area contributed by atoms with E-state index in [-0.39, 0.29) is 25.0 Å². The highest BCUT2D eigenvalue weighted by Crippen LogP contribution is 2.41. The molecule has 2 fully saturated rings. The maximum absolute atomic E-state index is 12.9. The molecule has 1 atom stereocenters. The smallest absolute Gasteiger partial charge is 0.227 e. The van der Waals surface area contributed by atoms with Gasteiger partial charge in [0.25, 0.3) is 0 Å². The van der Waals surface area contributed by atoms with Gasteiger partial charge in [-0.05, 0) is 38.1 Å². The molecule has 10 heteroatoms. The highest BCUT2D eigenvalue weighted by atomic mass is 35.5. The maximum Gasteiger partial charge on any atom is 0.227 e. The number of rotatable bonds is 4. The number of aromatic amines is 1. The molecule has 0 bridgehead atoms. The third-order valence-electron chi connectivity index (χ3n) is 7.05. The second-order valence-electron chi connectivity index (χ2n) is 9.49. The Hall–Kier alpha value is -2.30. The van der Waals surface area contributed by atoms with Crippen LogP contribution in [0.5, 0.6) is 0 Å². The number of nitrogens with one attached hydrogen (secondary N) is 1. The average Bonchev–Trinajstić information content (AvgIpc) is 3.57. The van der Waals surface area contributed by atoms with Gasteiger partial charge in [-0.25, -0.2) is 9.97 Å². The largest absolute Gasteiger partial charge is 0.378 e. The zero-order valence-corrected chi connectivity index (χ0v) is 20.5. The number of aliphatic hydroxyl groups is 1. The maximum atomic E-state index is 12.9. The van der Waals surface area contributed by atoms with E-state index < -0.39 is 5.60 Å². The van der Waals surface area contributed by atoms with E-state index in [2.05, 4.69) is 39.0 Å². The summed E-state index contributed by atoms with van der Waals surface area (Å²) in [6.07, 6.45) is 7.29. The Kier molecular flexibility index (Phi) is 5.50. The summed E-state index contributed by atoms with van der Waals surface area (Å²) in [5.74, 6) is 0.391. The molecule has 0 radical (unpaired) electrons. The number of carbonyl (C=O) groups excluding carboxylic acids is 1. The van der Waals surface area contributed by atoms with Crippen LogP contribution in [0.3, 0.4) is 0 Å². The number of ether oxygens (including phenoxy) is 1. The zero-order chi connectivity index (χ0) is 23.4. The number of H-pyrrole nitrogens is 1. The molecule has 3 aromatic rings. The first-order valence-corrected chi connectivity index (χ1v) is 12.7. The van der Waals surface area contributed by atoms with Crippen molar-refractivity contribution in [3.63, 3.8) is 0 Å². The molecule has 1 amide bonds. The number of fused-ring (bicyclic) bond motifs is 1. The minimum atomic E-state index is -1.00. The van der Waals surface area contributed by atoms with Crippen molar-refractivity contribution in [3.8, 4) is 10.4 Å². The minimum absolute atomic E-state index is 0.121. The Morgan fingerprint density at radius 2 is 2.18 bits per heavy atom. The highest BCUT2D eigenvalue weighted by molar-refractivity contribution is 7.15. The third kappa shape index (κ3) is 3.76. The van der Waals surface area contributed by atoms with Crippen LogP contribution in [-0.4, -0.2) is 82.2 Å². The van der Waals surface area contributed by atoms with Crippen molar-refractivity contribution in [3.05, 3.63) is 40.3 Å². The van der Waals surface area contributed by atoms with Gasteiger partial charge in [0.15, 0.2) is 5.60 Å². The first-order chi connectivity index (χ1) is 16.4. The molecule has 0 saturated carbocycles. The van der Waals surface area contributed by atoms with E-state index in [0.717, 1.165) is 59.6 Å². The van der Waals surface area contributed by atoms with Gasteiger partial charge in [-0.2, -0.15) is 0 Å². The van der Waals surface area contributed by atoms with Gasteiger partial charge in [-0.3, -0.25) is 4.79 Å². The lowest BCUT2D eigenvalue weighted by Gasteiger charge is -2.34. The van der Waals surface area contributed by atoms with E-state index in [0.29, 0.717) is 16.6 Å². The lowest BCUT2D eigenvalue weighted by molar-refractivity contribution is -0.184. The van der Waals surface area contributed by atoms with Gasteiger partial charge < -0.3 is 24.6 Å². The van der Waals surface area contributed by atoms with Gasteiger partial charge in [-0.15, -0.1) is 11.3 Å². The summed E-state index contributed by atoms with van der Waals surface area (Å²) in [6.45, 7) is 3.72. The zero-order valence-electron chi connectivity index (χ0n) is 18.9. The van der Waals surface area contributed by atoms with E-state index in [1.165, 1.54) is 16.9 Å². The third-order valence-corrected chi connectivity index (χ3v) is 8.55. The van der Waals surface area contributed by atoms with E-state index in [9.17, 15) is 9.90 Å². The van der Waals surface area contributed by atoms with Gasteiger partial charge in [0.2, 0.25) is 5.91 Å². The summed E-state index contributed by atoms with van der Waals surface area (Å²) in [5.41, 5.74) is 2.78. The van der Waals surface area contributed by atoms with Gasteiger partial charge in [0, 0.05) is 48.7 Å². The second-order valence-corrected chi connectivity index (χ2v) is 10.9. The fourth-order valence-corrected chi connectivity index (χ4v) is 6.36. The number of carbonyl (C=O) groups is 1. The topological polar surface area (TPSA) is 94.6 Å². The molecule has 3 aromatic heterocycles. The molecule has 8 nitrogen and oxygen atoms in total. The molecule has 2 N–H and O–H groups in total. The molecule has 34 heavy (non-hydrogen) atoms. The van der Waals surface area contributed by atoms with Crippen LogP contribution in [0, 0.1) is 5.92 Å². The number of pyridine rings is 1. The van der Waals surface area contributed by atoms with E-state index in [1.54, 1.807) is 12.4 Å². The molecule has 178 valence electrons. The van der Waals surface area contributed by atoms with Crippen LogP contribution in [0.15, 0.2) is 24.5 Å². The number of thiazole rings is 1. The van der Waals surface area contributed by atoms with Crippen LogP contribution < -0.4 is 0 Å². The van der Waals surface area contributed by atoms with Gasteiger partial charge in [0.05, 0.1) is 29.0 Å². The Morgan fingerprint density at radius 3 is 2.85 bits per heavy atom. The molecule has 3 aliphatic heterocycles. The van der Waals surface area contributed by atoms with Crippen LogP contribution in [0.2, 0.25) is 5.02 Å². The second kappa shape index (κ2) is 8.42. The molecule has 2 saturated heterocycles. The standard InChI is InChI=1S/C24H26ClN5O3S/c1-29-5-2-15(11-29)22(31)30-6-3-14(4-7-30)18-8-16-20(17(25)9-26-21(16)28-18)19-10-27-23(34-19)24(32)12-33-13-24/h3,8-10,15,32H,2,4-7,11-13H2,1H3,(H,26,28). The summed E-state index contributed by atoms with van der Waals surface area (Å²) in [7, 11) is 2.07. The SMILES string of the molecule is CN1CCC(C(=O)N2CC=C(c3cc4c(-c5cnc(C6(O)COC6)s5)c(Cl)cnc4[nH]3)CC2)C1. The Balaban J connectivity index is 1.27. The number of halogens is 1. The van der Waals surface area contributed by atoms with Crippen LogP contribution in [0.25, 0.3) is 27.0 Å². The Morgan fingerprint density at radius 1 is 1.32 bits per heavy atom. The summed E-state index contributed by atoms with van der Waals surface area (Å²) in [6, 6.07) is 2.08. The minimum Gasteiger partial charge on any atom is -0.378 e. The van der Waals surface area contributed by atoms with Crippen molar-refractivity contribution in [1.82, 2.24) is 24.8 Å². The molecule has 3 aliphatic rings. The van der Waals surface area contributed by atoms with Crippen LogP contribution in [0.1, 0.15) is 23.5 Å². The molecule has 0 aromatic carbocycles. The number of nitrogens with zero attached hydrogens (tertiary/aromatic N) is 4. The van der Waals surface area contributed by atoms with E-state index >= 15 is 0 Å². The van der Waals surface area contributed by atoms with Crippen LogP contribution in [-0.2, 0) is 15.1 Å². The predicted octanol–water partition coefficient (Wildman–Crippen LogP) is 3.13. The summed E-state index contributed by atoms with van der Waals surface area (Å²) in [5, 5.41) is 12.7. The van der Waals surface area contributed by atoms with Crippen molar-refractivity contribution in [2.45, 2.75) is 18.4 Å². The fraction of sp³-hybridized carbons (Fsp3) is 0.458. The number of likely N-dealkylation sites (tertiary alicyclic amines) is 1. The van der Waals surface area contributed by atoms with E-state index in [1.807, 2.05) is 4.90 Å². The molecule has 1 unspecified atom stereocenters. The van der Waals surface area contributed by atoms with Crippen molar-refractivity contribution >= 4 is 45.5 Å². The van der Waals surface area contributed by atoms with E-state index in [4.69, 9.17) is 16.3 Å². The first kappa shape index (κ1) is 22.2. The van der Waals surface area contributed by atoms with Crippen LogP contribution in [0.4, 0.5) is 0 Å². The van der Waals surface area contributed by atoms with Crippen molar-refractivity contribution in [1.29, 1.82) is 0 Å². The molecule has 6 rings (SSSR count). The lowest BCUT2D eigenvalue weighted by atomic mass is 10.0. The quantitative estimate of drug-likeness (QED) is 0.572. The summed E-state index contributed by atoms with van der Waals surface area (Å²) in [4.78, 5) is 30.3. The average molecular weight is 500 g/mol. The molecule has 6 heterocycles. The molecule has 0 spiro atoms. The molecular formula is C24H26ClN5O3S. The number of hydrogen-bond acceptors (Lipinski definition) is 7. The monoisotopic (exact) mass is 499 g/mol. The number of aromatic nitrogens is 3. The number of amides is 1. The summed E-state index contributed by atoms with van der Waals surface area (Å²) >= 11 is 8.01. The van der Waals surface area contributed by atoms with Gasteiger partial charge in [-0.1, -0.05) is 17.7 Å². The van der Waals surface area contributed by atoms with Crippen molar-refractivity contribution < 1.29 is 14.6 Å². The predicted molar refractivity (Wildman–Crippen MR) is 132 cm³/mol. The fourth-order valence-electron chi connectivity index (χ4n) is 5.01. The first-order valence-electron chi connectivity index (χ1n) is 11.5. The lowest BCUT2D eigenvalue weighted by Crippen LogP contribution is -2.46. The van der Waals surface area contributed by atoms with Crippen molar-refractivity contribution in [2.75, 3.05) is 46.4 Å². The van der Waals surface area contributed by atoms with Gasteiger partial charge >= 0.3 is 0 Å². The normalized spacial score (nSPS) is 22.7. The highest BCUT2D eigenvalue weighted by Gasteiger charge is 2.41. The Bertz CT molecular complexity index is 1300. The Labute approximate surface area is 206 Å². The van der Waals surface area contributed by atoms with Crippen LogP contribution >= 0.6 is 22.9 Å². The summed E-state index contributed by atoms with van der Waals surface area (Å²) < 4.78 is 5.17. The number of hydrogen-bond donors (Lipinski definition) is 2. The molecule has 0 aliphatic carbocycles.